The van der Waals surface area contributed by atoms with Crippen molar-refractivity contribution in [1.29, 1.82) is 0 Å². The van der Waals surface area contributed by atoms with Crippen LogP contribution in [-0.2, 0) is 0 Å². The first-order valence-corrected chi connectivity index (χ1v) is 2.79. The van der Waals surface area contributed by atoms with Gasteiger partial charge in [-0.3, -0.25) is 0 Å². The van der Waals surface area contributed by atoms with E-state index in [0.717, 1.165) is 12.3 Å². The quantitative estimate of drug-likeness (QED) is 0.620. The van der Waals surface area contributed by atoms with Gasteiger partial charge >= 0.3 is 6.18 Å². The number of hydrogen-bond acceptors (Lipinski definition) is 1. The molecule has 11 heavy (non-hydrogen) atoms. The minimum Gasteiger partial charge on any atom is -0.405 e. The summed E-state index contributed by atoms with van der Waals surface area (Å²) in [5, 5.41) is 0. The van der Waals surface area contributed by atoms with E-state index in [1.165, 1.54) is 12.2 Å². The smallest absolute Gasteiger partial charge is 0.405 e. The van der Waals surface area contributed by atoms with Crippen LogP contribution < -0.4 is 5.73 Å². The third-order valence-corrected chi connectivity index (χ3v) is 0.884. The lowest BCUT2D eigenvalue weighted by Gasteiger charge is -2.03. The number of alkyl halides is 3. The van der Waals surface area contributed by atoms with E-state index in [4.69, 9.17) is 5.73 Å². The van der Waals surface area contributed by atoms with Gasteiger partial charge in [0.25, 0.3) is 0 Å². The molecule has 0 aromatic heterocycles. The predicted molar refractivity (Wildman–Crippen MR) is 37.7 cm³/mol. The molecule has 0 heterocycles. The Morgan fingerprint density at radius 1 is 1.27 bits per heavy atom. The molecule has 0 saturated carbocycles. The van der Waals surface area contributed by atoms with Gasteiger partial charge in [-0.1, -0.05) is 18.7 Å². The Morgan fingerprint density at radius 3 is 2.18 bits per heavy atom. The topological polar surface area (TPSA) is 26.0 Å². The average molecular weight is 163 g/mol. The molecule has 4 heteroatoms. The van der Waals surface area contributed by atoms with Gasteiger partial charge in [-0.25, -0.2) is 0 Å². The van der Waals surface area contributed by atoms with Crippen LogP contribution in [0.3, 0.4) is 0 Å². The van der Waals surface area contributed by atoms with Crippen molar-refractivity contribution >= 4 is 0 Å². The van der Waals surface area contributed by atoms with Crippen molar-refractivity contribution in [2.24, 2.45) is 5.73 Å². The molecule has 0 bridgehead atoms. The van der Waals surface area contributed by atoms with Crippen molar-refractivity contribution in [2.75, 3.05) is 0 Å². The van der Waals surface area contributed by atoms with Crippen LogP contribution >= 0.6 is 0 Å². The SMILES string of the molecule is C=C(/C=C\C=C/N)C(F)(F)F. The van der Waals surface area contributed by atoms with E-state index in [1.54, 1.807) is 0 Å². The maximum Gasteiger partial charge on any atom is 0.415 e. The zero-order chi connectivity index (χ0) is 8.91. The van der Waals surface area contributed by atoms with E-state index in [2.05, 4.69) is 6.58 Å². The molecule has 0 atom stereocenters. The molecule has 0 rings (SSSR count). The Labute approximate surface area is 62.7 Å². The lowest BCUT2D eigenvalue weighted by molar-refractivity contribution is -0.0878. The van der Waals surface area contributed by atoms with Crippen LogP contribution in [0.2, 0.25) is 0 Å². The molecule has 0 aromatic carbocycles. The summed E-state index contributed by atoms with van der Waals surface area (Å²) in [4.78, 5) is 0. The van der Waals surface area contributed by atoms with E-state index in [9.17, 15) is 13.2 Å². The molecule has 0 amide bonds. The van der Waals surface area contributed by atoms with Crippen molar-refractivity contribution in [3.8, 4) is 0 Å². The molecule has 62 valence electrons. The number of allylic oxidation sites excluding steroid dienone is 4. The standard InChI is InChI=1S/C7H8F3N/c1-6(7(8,9)10)4-2-3-5-11/h2-5H,1,11H2/b4-2-,5-3-. The number of hydrogen-bond donors (Lipinski definition) is 1. The number of halogens is 3. The minimum atomic E-state index is -4.35. The van der Waals surface area contributed by atoms with E-state index in [0.29, 0.717) is 0 Å². The van der Waals surface area contributed by atoms with Crippen LogP contribution in [0.1, 0.15) is 0 Å². The normalized spacial score (nSPS) is 13.0. The minimum absolute atomic E-state index is 0.851. The summed E-state index contributed by atoms with van der Waals surface area (Å²) < 4.78 is 35.0. The average Bonchev–Trinajstić information content (AvgIpc) is 1.86. The second-order valence-corrected chi connectivity index (χ2v) is 1.77. The molecule has 0 saturated heterocycles. The third-order valence-electron chi connectivity index (χ3n) is 0.884. The first kappa shape index (κ1) is 9.81. The molecule has 1 nitrogen and oxygen atoms in total. The van der Waals surface area contributed by atoms with Gasteiger partial charge < -0.3 is 5.73 Å². The molecule has 0 radical (unpaired) electrons. The molecule has 2 N–H and O–H groups in total. The van der Waals surface area contributed by atoms with Crippen molar-refractivity contribution in [3.63, 3.8) is 0 Å². The van der Waals surface area contributed by atoms with Crippen molar-refractivity contribution in [1.82, 2.24) is 0 Å². The molecule has 0 aliphatic carbocycles. The predicted octanol–water partition coefficient (Wildman–Crippen LogP) is 2.13. The highest BCUT2D eigenvalue weighted by Gasteiger charge is 2.29. The van der Waals surface area contributed by atoms with Crippen molar-refractivity contribution < 1.29 is 13.2 Å². The fraction of sp³-hybridized carbons (Fsp3) is 0.143. The first-order chi connectivity index (χ1) is 4.98. The second kappa shape index (κ2) is 3.85. The number of rotatable bonds is 2. The maximum absolute atomic E-state index is 11.7. The highest BCUT2D eigenvalue weighted by molar-refractivity contribution is 5.22. The van der Waals surface area contributed by atoms with Crippen molar-refractivity contribution in [2.45, 2.75) is 6.18 Å². The van der Waals surface area contributed by atoms with Gasteiger partial charge in [0.2, 0.25) is 0 Å². The van der Waals surface area contributed by atoms with Gasteiger partial charge in [0.05, 0.1) is 0 Å². The van der Waals surface area contributed by atoms with Crippen LogP contribution in [-0.4, -0.2) is 6.18 Å². The summed E-state index contributed by atoms with van der Waals surface area (Å²) in [6.07, 6.45) is 0.106. The van der Waals surface area contributed by atoms with Gasteiger partial charge in [0.15, 0.2) is 0 Å². The molecular weight excluding hydrogens is 155 g/mol. The molecule has 0 aliphatic rings. The number of nitrogens with two attached hydrogens (primary N) is 1. The lowest BCUT2D eigenvalue weighted by Crippen LogP contribution is -2.08. The summed E-state index contributed by atoms with van der Waals surface area (Å²) in [6.45, 7) is 2.81. The van der Waals surface area contributed by atoms with Gasteiger partial charge in [-0.15, -0.1) is 0 Å². The molecule has 0 aromatic rings. The van der Waals surface area contributed by atoms with Gasteiger partial charge in [-0.2, -0.15) is 13.2 Å². The highest BCUT2D eigenvalue weighted by atomic mass is 19.4. The molecule has 0 unspecified atom stereocenters. The Morgan fingerprint density at radius 2 is 1.82 bits per heavy atom. The highest BCUT2D eigenvalue weighted by Crippen LogP contribution is 2.24. The van der Waals surface area contributed by atoms with E-state index in [-0.39, 0.29) is 0 Å². The Bertz CT molecular complexity index is 188. The lowest BCUT2D eigenvalue weighted by atomic mass is 10.2. The van der Waals surface area contributed by atoms with Gasteiger partial charge in [0.1, 0.15) is 0 Å². The van der Waals surface area contributed by atoms with Crippen LogP contribution in [0.25, 0.3) is 0 Å². The first-order valence-electron chi connectivity index (χ1n) is 2.79. The Balaban J connectivity index is 4.08. The monoisotopic (exact) mass is 163 g/mol. The van der Waals surface area contributed by atoms with Gasteiger partial charge in [-0.05, 0) is 12.3 Å². The molecule has 0 aliphatic heterocycles. The maximum atomic E-state index is 11.7. The third kappa shape index (κ3) is 4.25. The van der Waals surface area contributed by atoms with Crippen LogP contribution in [0.4, 0.5) is 13.2 Å². The van der Waals surface area contributed by atoms with E-state index < -0.39 is 11.7 Å². The largest absolute Gasteiger partial charge is 0.415 e. The Hall–Kier alpha value is -1.19. The fourth-order valence-corrected chi connectivity index (χ4v) is 0.330. The second-order valence-electron chi connectivity index (χ2n) is 1.77. The summed E-state index contributed by atoms with van der Waals surface area (Å²) in [5.74, 6) is 0. The van der Waals surface area contributed by atoms with Crippen LogP contribution in [0.15, 0.2) is 36.6 Å². The summed E-state index contributed by atoms with van der Waals surface area (Å²) >= 11 is 0. The zero-order valence-electron chi connectivity index (χ0n) is 5.73. The molecule has 0 fully saturated rings. The van der Waals surface area contributed by atoms with E-state index >= 15 is 0 Å². The Kier molecular flexibility index (Phi) is 3.44. The van der Waals surface area contributed by atoms with Crippen molar-refractivity contribution in [3.05, 3.63) is 36.6 Å². The molecular formula is C7H8F3N. The molecule has 0 spiro atoms. The summed E-state index contributed by atoms with van der Waals surface area (Å²) in [5.41, 5.74) is 3.99. The zero-order valence-corrected chi connectivity index (χ0v) is 5.73. The fourth-order valence-electron chi connectivity index (χ4n) is 0.330. The van der Waals surface area contributed by atoms with Crippen LogP contribution in [0, 0.1) is 0 Å². The summed E-state index contributed by atoms with van der Waals surface area (Å²) in [6, 6.07) is 0. The van der Waals surface area contributed by atoms with Gasteiger partial charge in [0, 0.05) is 5.57 Å². The van der Waals surface area contributed by atoms with E-state index in [1.807, 2.05) is 0 Å². The summed E-state index contributed by atoms with van der Waals surface area (Å²) in [7, 11) is 0. The van der Waals surface area contributed by atoms with Crippen LogP contribution in [0.5, 0.6) is 0 Å².